The molecule has 0 radical (unpaired) electrons. The van der Waals surface area contributed by atoms with E-state index in [1.165, 1.54) is 0 Å². The van der Waals surface area contributed by atoms with Crippen LogP contribution in [0.4, 0.5) is 13.2 Å². The van der Waals surface area contributed by atoms with Crippen LogP contribution in [0.1, 0.15) is 25.7 Å². The van der Waals surface area contributed by atoms with Crippen molar-refractivity contribution in [2.24, 2.45) is 0 Å². The molecule has 5 heteroatoms. The second-order valence-corrected chi connectivity index (χ2v) is 3.67. The zero-order valence-corrected chi connectivity index (χ0v) is 8.23. The highest BCUT2D eigenvalue weighted by Crippen LogP contribution is 2.25. The van der Waals surface area contributed by atoms with Gasteiger partial charge in [0.1, 0.15) is 0 Å². The molecule has 1 N–H and O–H groups in total. The lowest BCUT2D eigenvalue weighted by Crippen LogP contribution is -2.43. The lowest BCUT2D eigenvalue weighted by molar-refractivity contribution is -0.140. The molecule has 2 nitrogen and oxygen atoms in total. The first kappa shape index (κ1) is 11.8. The fraction of sp³-hybridized carbons (Fsp3) is 1.00. The van der Waals surface area contributed by atoms with E-state index in [0.717, 1.165) is 12.8 Å². The van der Waals surface area contributed by atoms with Crippen molar-refractivity contribution in [1.82, 2.24) is 5.32 Å². The van der Waals surface area contributed by atoms with E-state index in [9.17, 15) is 13.2 Å². The van der Waals surface area contributed by atoms with Crippen LogP contribution in [0.15, 0.2) is 0 Å². The molecule has 0 aromatic heterocycles. The molecule has 0 spiro atoms. The Morgan fingerprint density at radius 3 is 2.50 bits per heavy atom. The minimum absolute atomic E-state index is 0.0736. The Kier molecular flexibility index (Phi) is 4.19. The molecular formula is C9H16F3NO. The zero-order chi connectivity index (χ0) is 10.6. The number of rotatable bonds is 5. The summed E-state index contributed by atoms with van der Waals surface area (Å²) in [6.45, 7) is 0.223. The molecule has 0 aromatic rings. The van der Waals surface area contributed by atoms with Crippen LogP contribution < -0.4 is 5.32 Å². The van der Waals surface area contributed by atoms with Crippen molar-refractivity contribution < 1.29 is 17.9 Å². The molecule has 0 aromatic carbocycles. The molecule has 84 valence electrons. The van der Waals surface area contributed by atoms with Crippen molar-refractivity contribution in [1.29, 1.82) is 0 Å². The van der Waals surface area contributed by atoms with Gasteiger partial charge in [-0.2, -0.15) is 13.2 Å². The van der Waals surface area contributed by atoms with E-state index < -0.39 is 12.6 Å². The normalized spacial score (nSPS) is 27.4. The summed E-state index contributed by atoms with van der Waals surface area (Å²) in [5.41, 5.74) is 0. The predicted octanol–water partition coefficient (Wildman–Crippen LogP) is 2.10. The van der Waals surface area contributed by atoms with E-state index in [0.29, 0.717) is 6.04 Å². The lowest BCUT2D eigenvalue weighted by atomic mass is 9.89. The molecular weight excluding hydrogens is 195 g/mol. The largest absolute Gasteiger partial charge is 0.389 e. The molecule has 0 heterocycles. The van der Waals surface area contributed by atoms with Gasteiger partial charge >= 0.3 is 6.18 Å². The molecule has 1 aliphatic rings. The molecule has 1 aliphatic carbocycles. The summed E-state index contributed by atoms with van der Waals surface area (Å²) >= 11 is 0. The van der Waals surface area contributed by atoms with Gasteiger partial charge in [0.15, 0.2) is 0 Å². The summed E-state index contributed by atoms with van der Waals surface area (Å²) in [6, 6.07) is 0.489. The Bertz CT molecular complexity index is 166. The van der Waals surface area contributed by atoms with Gasteiger partial charge in [0.2, 0.25) is 0 Å². The van der Waals surface area contributed by atoms with Gasteiger partial charge in [-0.05, 0) is 26.3 Å². The first-order chi connectivity index (χ1) is 6.51. The molecule has 0 amide bonds. The number of halogens is 3. The third-order valence-corrected chi connectivity index (χ3v) is 2.46. The fourth-order valence-corrected chi connectivity index (χ4v) is 1.46. The monoisotopic (exact) mass is 211 g/mol. The molecule has 0 aliphatic heterocycles. The van der Waals surface area contributed by atoms with Crippen molar-refractivity contribution in [3.63, 3.8) is 0 Å². The first-order valence-electron chi connectivity index (χ1n) is 4.87. The van der Waals surface area contributed by atoms with Gasteiger partial charge in [0.25, 0.3) is 0 Å². The SMILES string of the molecule is CNC1CC(OCCCC(F)(F)F)C1. The Hall–Kier alpha value is -0.290. The van der Waals surface area contributed by atoms with E-state index in [-0.39, 0.29) is 19.1 Å². The summed E-state index contributed by atoms with van der Waals surface area (Å²) in [5, 5.41) is 3.09. The highest BCUT2D eigenvalue weighted by atomic mass is 19.4. The summed E-state index contributed by atoms with van der Waals surface area (Å²) in [4.78, 5) is 0. The number of ether oxygens (including phenoxy) is 1. The average Bonchev–Trinajstić information content (AvgIpc) is 1.98. The smallest absolute Gasteiger partial charge is 0.378 e. The van der Waals surface area contributed by atoms with Crippen molar-refractivity contribution in [2.45, 2.75) is 44.0 Å². The minimum atomic E-state index is -4.05. The van der Waals surface area contributed by atoms with Crippen LogP contribution >= 0.6 is 0 Å². The third-order valence-electron chi connectivity index (χ3n) is 2.46. The standard InChI is InChI=1S/C9H16F3NO/c1-13-7-5-8(6-7)14-4-2-3-9(10,11)12/h7-8,13H,2-6H2,1H3. The van der Waals surface area contributed by atoms with Gasteiger partial charge in [0.05, 0.1) is 6.10 Å². The van der Waals surface area contributed by atoms with Crippen molar-refractivity contribution in [2.75, 3.05) is 13.7 Å². The van der Waals surface area contributed by atoms with E-state index in [1.807, 2.05) is 7.05 Å². The second kappa shape index (κ2) is 4.98. The van der Waals surface area contributed by atoms with Crippen LogP contribution in [0.5, 0.6) is 0 Å². The van der Waals surface area contributed by atoms with Crippen molar-refractivity contribution in [3.8, 4) is 0 Å². The van der Waals surface area contributed by atoms with Gasteiger partial charge in [0, 0.05) is 19.1 Å². The Morgan fingerprint density at radius 2 is 2.00 bits per heavy atom. The van der Waals surface area contributed by atoms with Crippen LogP contribution in [0.2, 0.25) is 0 Å². The Labute approximate surface area is 81.8 Å². The van der Waals surface area contributed by atoms with Crippen LogP contribution in [-0.2, 0) is 4.74 Å². The summed E-state index contributed by atoms with van der Waals surface area (Å²) in [7, 11) is 1.88. The van der Waals surface area contributed by atoms with E-state index in [2.05, 4.69) is 5.32 Å². The van der Waals surface area contributed by atoms with Crippen molar-refractivity contribution >= 4 is 0 Å². The Balaban J connectivity index is 1.91. The highest BCUT2D eigenvalue weighted by Gasteiger charge is 2.29. The minimum Gasteiger partial charge on any atom is -0.378 e. The van der Waals surface area contributed by atoms with Gasteiger partial charge in [-0.3, -0.25) is 0 Å². The molecule has 14 heavy (non-hydrogen) atoms. The third kappa shape index (κ3) is 4.28. The van der Waals surface area contributed by atoms with E-state index in [4.69, 9.17) is 4.74 Å². The fourth-order valence-electron chi connectivity index (χ4n) is 1.46. The van der Waals surface area contributed by atoms with Crippen LogP contribution in [0.3, 0.4) is 0 Å². The maximum absolute atomic E-state index is 11.7. The quantitative estimate of drug-likeness (QED) is 0.703. The zero-order valence-electron chi connectivity index (χ0n) is 8.23. The topological polar surface area (TPSA) is 21.3 Å². The van der Waals surface area contributed by atoms with Gasteiger partial charge < -0.3 is 10.1 Å². The van der Waals surface area contributed by atoms with Gasteiger partial charge in [-0.1, -0.05) is 0 Å². The van der Waals surface area contributed by atoms with E-state index in [1.54, 1.807) is 0 Å². The molecule has 1 saturated carbocycles. The Morgan fingerprint density at radius 1 is 1.36 bits per heavy atom. The first-order valence-corrected chi connectivity index (χ1v) is 4.87. The number of hydrogen-bond donors (Lipinski definition) is 1. The molecule has 0 bridgehead atoms. The van der Waals surface area contributed by atoms with Crippen LogP contribution in [0, 0.1) is 0 Å². The number of nitrogens with one attached hydrogen (secondary N) is 1. The molecule has 1 fully saturated rings. The second-order valence-electron chi connectivity index (χ2n) is 3.67. The number of hydrogen-bond acceptors (Lipinski definition) is 2. The van der Waals surface area contributed by atoms with E-state index >= 15 is 0 Å². The van der Waals surface area contributed by atoms with Crippen molar-refractivity contribution in [3.05, 3.63) is 0 Å². The molecule has 0 unspecified atom stereocenters. The molecule has 0 saturated heterocycles. The van der Waals surface area contributed by atoms with Gasteiger partial charge in [-0.25, -0.2) is 0 Å². The molecule has 1 rings (SSSR count). The van der Waals surface area contributed by atoms with Crippen LogP contribution in [0.25, 0.3) is 0 Å². The predicted molar refractivity (Wildman–Crippen MR) is 47.1 cm³/mol. The summed E-state index contributed by atoms with van der Waals surface area (Å²) < 4.78 is 40.4. The maximum Gasteiger partial charge on any atom is 0.389 e. The molecule has 0 atom stereocenters. The van der Waals surface area contributed by atoms with Gasteiger partial charge in [-0.15, -0.1) is 0 Å². The maximum atomic E-state index is 11.7. The summed E-state index contributed by atoms with van der Waals surface area (Å²) in [6.07, 6.45) is -2.71. The van der Waals surface area contributed by atoms with Crippen LogP contribution in [-0.4, -0.2) is 32.0 Å². The summed E-state index contributed by atoms with van der Waals surface area (Å²) in [5.74, 6) is 0. The number of alkyl halides is 3. The highest BCUT2D eigenvalue weighted by molar-refractivity contribution is 4.84. The lowest BCUT2D eigenvalue weighted by Gasteiger charge is -2.34. The average molecular weight is 211 g/mol.